The van der Waals surface area contributed by atoms with Crippen molar-refractivity contribution in [2.45, 2.75) is 64.7 Å². The van der Waals surface area contributed by atoms with Gasteiger partial charge < -0.3 is 10.6 Å². The first kappa shape index (κ1) is 18.9. The molecule has 0 aliphatic carbocycles. The molecule has 0 aromatic heterocycles. The molecule has 1 aliphatic rings. The van der Waals surface area contributed by atoms with E-state index in [4.69, 9.17) is 0 Å². The Morgan fingerprint density at radius 3 is 2.25 bits per heavy atom. The SMILES string of the molecule is CC(C)NC1CCN(C(C)C(=O)NC(C)c2ccc(F)cc2)CC1. The summed E-state index contributed by atoms with van der Waals surface area (Å²) in [6, 6.07) is 7.06. The van der Waals surface area contributed by atoms with Crippen LogP contribution in [0.15, 0.2) is 24.3 Å². The van der Waals surface area contributed by atoms with Gasteiger partial charge in [-0.2, -0.15) is 0 Å². The monoisotopic (exact) mass is 335 g/mol. The summed E-state index contributed by atoms with van der Waals surface area (Å²) >= 11 is 0. The van der Waals surface area contributed by atoms with Crippen molar-refractivity contribution >= 4 is 5.91 Å². The number of likely N-dealkylation sites (tertiary alicyclic amines) is 1. The fourth-order valence-electron chi connectivity index (χ4n) is 3.26. The number of halogens is 1. The average Bonchev–Trinajstić information content (AvgIpc) is 2.54. The zero-order valence-corrected chi connectivity index (χ0v) is 15.2. The average molecular weight is 335 g/mol. The molecular formula is C19H30FN3O. The van der Waals surface area contributed by atoms with Crippen LogP contribution in [0.25, 0.3) is 0 Å². The summed E-state index contributed by atoms with van der Waals surface area (Å²) in [5.74, 6) is -0.231. The van der Waals surface area contributed by atoms with Crippen LogP contribution in [-0.4, -0.2) is 42.0 Å². The molecule has 1 saturated heterocycles. The third-order valence-electron chi connectivity index (χ3n) is 4.75. The van der Waals surface area contributed by atoms with Gasteiger partial charge in [0.25, 0.3) is 0 Å². The first-order chi connectivity index (χ1) is 11.4. The van der Waals surface area contributed by atoms with Gasteiger partial charge in [-0.25, -0.2) is 4.39 Å². The largest absolute Gasteiger partial charge is 0.348 e. The number of nitrogens with one attached hydrogen (secondary N) is 2. The molecule has 1 heterocycles. The number of carbonyl (C=O) groups is 1. The lowest BCUT2D eigenvalue weighted by Crippen LogP contribution is -2.52. The first-order valence-corrected chi connectivity index (χ1v) is 8.92. The summed E-state index contributed by atoms with van der Waals surface area (Å²) in [5.41, 5.74) is 0.914. The predicted octanol–water partition coefficient (Wildman–Crippen LogP) is 2.85. The number of hydrogen-bond acceptors (Lipinski definition) is 3. The summed E-state index contributed by atoms with van der Waals surface area (Å²) in [6.07, 6.45) is 2.15. The summed E-state index contributed by atoms with van der Waals surface area (Å²) < 4.78 is 13.0. The Kier molecular flexibility index (Phi) is 6.75. The number of nitrogens with zero attached hydrogens (tertiary/aromatic N) is 1. The fourth-order valence-corrected chi connectivity index (χ4v) is 3.26. The standard InChI is InChI=1S/C19H30FN3O/c1-13(2)21-18-9-11-23(12-10-18)15(4)19(24)22-14(3)16-5-7-17(20)8-6-16/h5-8,13-15,18,21H,9-12H2,1-4H3,(H,22,24). The van der Waals surface area contributed by atoms with Gasteiger partial charge in [0.05, 0.1) is 12.1 Å². The quantitative estimate of drug-likeness (QED) is 0.840. The molecule has 5 heteroatoms. The maximum absolute atomic E-state index is 13.0. The zero-order chi connectivity index (χ0) is 17.7. The molecule has 1 aliphatic heterocycles. The van der Waals surface area contributed by atoms with Gasteiger partial charge >= 0.3 is 0 Å². The second-order valence-corrected chi connectivity index (χ2v) is 7.09. The van der Waals surface area contributed by atoms with Crippen LogP contribution in [0.1, 0.15) is 52.1 Å². The minimum atomic E-state index is -0.261. The van der Waals surface area contributed by atoms with Crippen LogP contribution in [0, 0.1) is 5.82 Å². The maximum Gasteiger partial charge on any atom is 0.237 e. The number of benzene rings is 1. The van der Waals surface area contributed by atoms with Gasteiger partial charge in [0.15, 0.2) is 0 Å². The smallest absolute Gasteiger partial charge is 0.237 e. The van der Waals surface area contributed by atoms with E-state index in [9.17, 15) is 9.18 Å². The molecule has 2 unspecified atom stereocenters. The molecule has 0 bridgehead atoms. The molecule has 2 rings (SSSR count). The van der Waals surface area contributed by atoms with E-state index in [0.29, 0.717) is 12.1 Å². The van der Waals surface area contributed by atoms with Crippen LogP contribution in [0.2, 0.25) is 0 Å². The molecule has 1 fully saturated rings. The fraction of sp³-hybridized carbons (Fsp3) is 0.632. The van der Waals surface area contributed by atoms with E-state index in [0.717, 1.165) is 31.5 Å². The third kappa shape index (κ3) is 5.28. The van der Waals surface area contributed by atoms with Crippen molar-refractivity contribution in [3.63, 3.8) is 0 Å². The van der Waals surface area contributed by atoms with Gasteiger partial charge in [-0.1, -0.05) is 26.0 Å². The number of carbonyl (C=O) groups excluding carboxylic acids is 1. The third-order valence-corrected chi connectivity index (χ3v) is 4.75. The van der Waals surface area contributed by atoms with E-state index in [-0.39, 0.29) is 23.8 Å². The molecule has 134 valence electrons. The second kappa shape index (κ2) is 8.58. The molecule has 0 radical (unpaired) electrons. The molecule has 24 heavy (non-hydrogen) atoms. The lowest BCUT2D eigenvalue weighted by Gasteiger charge is -2.36. The van der Waals surface area contributed by atoms with Gasteiger partial charge in [-0.15, -0.1) is 0 Å². The summed E-state index contributed by atoms with van der Waals surface area (Å²) in [7, 11) is 0. The van der Waals surface area contributed by atoms with E-state index in [1.165, 1.54) is 12.1 Å². The molecule has 2 N–H and O–H groups in total. The summed E-state index contributed by atoms with van der Waals surface area (Å²) in [5, 5.41) is 6.61. The second-order valence-electron chi connectivity index (χ2n) is 7.09. The lowest BCUT2D eigenvalue weighted by atomic mass is 10.0. The van der Waals surface area contributed by atoms with Crippen molar-refractivity contribution in [3.05, 3.63) is 35.6 Å². The van der Waals surface area contributed by atoms with E-state index >= 15 is 0 Å². The zero-order valence-electron chi connectivity index (χ0n) is 15.2. The first-order valence-electron chi connectivity index (χ1n) is 8.92. The molecule has 1 amide bonds. The molecule has 0 saturated carbocycles. The Bertz CT molecular complexity index is 524. The van der Waals surface area contributed by atoms with Crippen LogP contribution in [-0.2, 0) is 4.79 Å². The highest BCUT2D eigenvalue weighted by Crippen LogP contribution is 2.16. The molecule has 1 aromatic rings. The normalized spacial score (nSPS) is 19.2. The minimum absolute atomic E-state index is 0.0297. The van der Waals surface area contributed by atoms with Crippen LogP contribution < -0.4 is 10.6 Å². The van der Waals surface area contributed by atoms with Crippen molar-refractivity contribution < 1.29 is 9.18 Å². The topological polar surface area (TPSA) is 44.4 Å². The van der Waals surface area contributed by atoms with Gasteiger partial charge in [-0.3, -0.25) is 9.69 Å². The Hall–Kier alpha value is -1.46. The van der Waals surface area contributed by atoms with Crippen LogP contribution >= 0.6 is 0 Å². The number of hydrogen-bond donors (Lipinski definition) is 2. The molecule has 0 spiro atoms. The van der Waals surface area contributed by atoms with Gasteiger partial charge in [0, 0.05) is 25.2 Å². The maximum atomic E-state index is 13.0. The Morgan fingerprint density at radius 1 is 1.12 bits per heavy atom. The van der Waals surface area contributed by atoms with Crippen molar-refractivity contribution in [1.82, 2.24) is 15.5 Å². The lowest BCUT2D eigenvalue weighted by molar-refractivity contribution is -0.127. The van der Waals surface area contributed by atoms with E-state index in [2.05, 4.69) is 29.4 Å². The number of rotatable bonds is 6. The summed E-state index contributed by atoms with van der Waals surface area (Å²) in [4.78, 5) is 14.8. The van der Waals surface area contributed by atoms with Crippen LogP contribution in [0.3, 0.4) is 0 Å². The van der Waals surface area contributed by atoms with Crippen molar-refractivity contribution in [2.24, 2.45) is 0 Å². The highest BCUT2D eigenvalue weighted by Gasteiger charge is 2.27. The van der Waals surface area contributed by atoms with Gasteiger partial charge in [0.2, 0.25) is 5.91 Å². The van der Waals surface area contributed by atoms with Crippen molar-refractivity contribution in [3.8, 4) is 0 Å². The minimum Gasteiger partial charge on any atom is -0.348 e. The number of piperidine rings is 1. The van der Waals surface area contributed by atoms with E-state index < -0.39 is 0 Å². The van der Waals surface area contributed by atoms with Crippen LogP contribution in [0.5, 0.6) is 0 Å². The highest BCUT2D eigenvalue weighted by atomic mass is 19.1. The molecule has 4 nitrogen and oxygen atoms in total. The Labute approximate surface area is 144 Å². The van der Waals surface area contributed by atoms with E-state index in [1.807, 2.05) is 13.8 Å². The summed E-state index contributed by atoms with van der Waals surface area (Å²) in [6.45, 7) is 10.1. The highest BCUT2D eigenvalue weighted by molar-refractivity contribution is 5.81. The molecule has 2 atom stereocenters. The number of amides is 1. The Balaban J connectivity index is 1.83. The van der Waals surface area contributed by atoms with Crippen molar-refractivity contribution in [2.75, 3.05) is 13.1 Å². The Morgan fingerprint density at radius 2 is 1.71 bits per heavy atom. The van der Waals surface area contributed by atoms with E-state index in [1.54, 1.807) is 12.1 Å². The van der Waals surface area contributed by atoms with Crippen molar-refractivity contribution in [1.29, 1.82) is 0 Å². The molecular weight excluding hydrogens is 305 g/mol. The van der Waals surface area contributed by atoms with Crippen LogP contribution in [0.4, 0.5) is 4.39 Å². The van der Waals surface area contributed by atoms with Gasteiger partial charge in [-0.05, 0) is 44.4 Å². The molecule has 1 aromatic carbocycles. The predicted molar refractivity (Wildman–Crippen MR) is 95.3 cm³/mol. The van der Waals surface area contributed by atoms with Gasteiger partial charge in [0.1, 0.15) is 5.82 Å².